The number of carbonyl (C=O) groups is 1. The van der Waals surface area contributed by atoms with Gasteiger partial charge in [-0.25, -0.2) is 13.6 Å². The van der Waals surface area contributed by atoms with Crippen LogP contribution in [0.1, 0.15) is 22.3 Å². The summed E-state index contributed by atoms with van der Waals surface area (Å²) in [5.41, 5.74) is -1.60. The van der Waals surface area contributed by atoms with E-state index >= 15 is 0 Å². The molecule has 1 aromatic carbocycles. The highest BCUT2D eigenvalue weighted by molar-refractivity contribution is 9.10. The lowest BCUT2D eigenvalue weighted by Gasteiger charge is -2.13. The monoisotopic (exact) mass is 388 g/mol. The standard InChI is InChI=1S/C11H12BrF3N2O3S/c12-7-2-3-8(9(6-7)11(13,14)15)10(18)17-4-1-5-21(16,19)20/h2-3,6H,1,4-5H2,(H,17,18)(H2,16,19,20). The van der Waals surface area contributed by atoms with Gasteiger partial charge in [0, 0.05) is 11.0 Å². The van der Waals surface area contributed by atoms with E-state index in [2.05, 4.69) is 21.2 Å². The molecule has 1 aromatic rings. The predicted octanol–water partition coefficient (Wildman–Crippen LogP) is 1.88. The quantitative estimate of drug-likeness (QED) is 0.754. The van der Waals surface area contributed by atoms with Gasteiger partial charge in [-0.15, -0.1) is 0 Å². The van der Waals surface area contributed by atoms with Crippen LogP contribution in [-0.2, 0) is 16.2 Å². The molecule has 10 heteroatoms. The number of benzene rings is 1. The molecule has 1 amide bonds. The summed E-state index contributed by atoms with van der Waals surface area (Å²) >= 11 is 2.91. The molecule has 0 saturated heterocycles. The number of alkyl halides is 3. The highest BCUT2D eigenvalue weighted by atomic mass is 79.9. The lowest BCUT2D eigenvalue weighted by atomic mass is 10.1. The fourth-order valence-corrected chi connectivity index (χ4v) is 2.43. The van der Waals surface area contributed by atoms with Crippen molar-refractivity contribution in [2.75, 3.05) is 12.3 Å². The number of hydrogen-bond donors (Lipinski definition) is 2. The van der Waals surface area contributed by atoms with Crippen molar-refractivity contribution in [1.82, 2.24) is 5.32 Å². The van der Waals surface area contributed by atoms with Crippen molar-refractivity contribution in [2.45, 2.75) is 12.6 Å². The Hall–Kier alpha value is -1.13. The summed E-state index contributed by atoms with van der Waals surface area (Å²) in [5, 5.41) is 7.00. The average molecular weight is 389 g/mol. The van der Waals surface area contributed by atoms with Crippen molar-refractivity contribution >= 4 is 31.9 Å². The van der Waals surface area contributed by atoms with Crippen molar-refractivity contribution in [3.8, 4) is 0 Å². The topological polar surface area (TPSA) is 89.3 Å². The van der Waals surface area contributed by atoms with E-state index in [0.717, 1.165) is 12.1 Å². The van der Waals surface area contributed by atoms with Crippen LogP contribution in [0.2, 0.25) is 0 Å². The maximum atomic E-state index is 12.8. The third-order valence-electron chi connectivity index (χ3n) is 2.42. The molecule has 1 rings (SSSR count). The van der Waals surface area contributed by atoms with E-state index in [1.54, 1.807) is 0 Å². The molecule has 0 aliphatic carbocycles. The normalized spacial score (nSPS) is 12.2. The van der Waals surface area contributed by atoms with E-state index in [4.69, 9.17) is 5.14 Å². The van der Waals surface area contributed by atoms with Gasteiger partial charge in [-0.1, -0.05) is 15.9 Å². The number of nitrogens with one attached hydrogen (secondary N) is 1. The second kappa shape index (κ2) is 6.75. The molecule has 0 fully saturated rings. The summed E-state index contributed by atoms with van der Waals surface area (Å²) < 4.78 is 60.1. The first-order valence-corrected chi connectivity index (χ1v) is 8.17. The molecule has 0 heterocycles. The molecule has 0 atom stereocenters. The molecule has 5 nitrogen and oxygen atoms in total. The fraction of sp³-hybridized carbons (Fsp3) is 0.364. The molecule has 0 aliphatic heterocycles. The van der Waals surface area contributed by atoms with E-state index in [0.29, 0.717) is 0 Å². The Morgan fingerprint density at radius 1 is 1.33 bits per heavy atom. The third kappa shape index (κ3) is 6.02. The van der Waals surface area contributed by atoms with Gasteiger partial charge < -0.3 is 5.32 Å². The van der Waals surface area contributed by atoms with E-state index < -0.39 is 33.2 Å². The van der Waals surface area contributed by atoms with Gasteiger partial charge in [0.05, 0.1) is 16.9 Å². The van der Waals surface area contributed by atoms with Crippen molar-refractivity contribution in [3.05, 3.63) is 33.8 Å². The molecular formula is C11H12BrF3N2O3S. The summed E-state index contributed by atoms with van der Waals surface area (Å²) in [6, 6.07) is 3.16. The maximum Gasteiger partial charge on any atom is 0.417 e. The second-order valence-corrected chi connectivity index (χ2v) is 6.81. The minimum atomic E-state index is -4.67. The van der Waals surface area contributed by atoms with Crippen molar-refractivity contribution in [2.24, 2.45) is 5.14 Å². The summed E-state index contributed by atoms with van der Waals surface area (Å²) in [7, 11) is -3.66. The Labute approximate surface area is 127 Å². The summed E-state index contributed by atoms with van der Waals surface area (Å²) in [6.07, 6.45) is -4.65. The molecule has 0 aromatic heterocycles. The van der Waals surface area contributed by atoms with Crippen molar-refractivity contribution < 1.29 is 26.4 Å². The Kier molecular flexibility index (Phi) is 5.76. The number of rotatable bonds is 5. The van der Waals surface area contributed by atoms with Gasteiger partial charge >= 0.3 is 6.18 Å². The van der Waals surface area contributed by atoms with Crippen LogP contribution in [0.4, 0.5) is 13.2 Å². The molecule has 0 unspecified atom stereocenters. The van der Waals surface area contributed by atoms with Crippen LogP contribution in [0, 0.1) is 0 Å². The van der Waals surface area contributed by atoms with Gasteiger partial charge in [0.1, 0.15) is 0 Å². The zero-order valence-electron chi connectivity index (χ0n) is 10.6. The van der Waals surface area contributed by atoms with Gasteiger partial charge in [-0.3, -0.25) is 4.79 Å². The van der Waals surface area contributed by atoms with Crippen LogP contribution in [0.25, 0.3) is 0 Å². The van der Waals surface area contributed by atoms with E-state index in [9.17, 15) is 26.4 Å². The zero-order chi connectivity index (χ0) is 16.3. The largest absolute Gasteiger partial charge is 0.417 e. The summed E-state index contributed by atoms with van der Waals surface area (Å²) in [6.45, 7) is -0.0946. The van der Waals surface area contributed by atoms with Gasteiger partial charge in [0.15, 0.2) is 0 Å². The minimum absolute atomic E-state index is 0.0163. The van der Waals surface area contributed by atoms with Gasteiger partial charge in [-0.2, -0.15) is 13.2 Å². The summed E-state index contributed by atoms with van der Waals surface area (Å²) in [5.74, 6) is -1.29. The first-order valence-electron chi connectivity index (χ1n) is 5.66. The molecular weight excluding hydrogens is 377 g/mol. The van der Waals surface area contributed by atoms with Crippen LogP contribution >= 0.6 is 15.9 Å². The first-order chi connectivity index (χ1) is 9.50. The minimum Gasteiger partial charge on any atom is -0.352 e. The molecule has 118 valence electrons. The lowest BCUT2D eigenvalue weighted by molar-refractivity contribution is -0.138. The molecule has 0 saturated carbocycles. The third-order valence-corrected chi connectivity index (χ3v) is 3.77. The molecule has 0 aliphatic rings. The summed E-state index contributed by atoms with van der Waals surface area (Å²) in [4.78, 5) is 11.7. The van der Waals surface area contributed by atoms with Crippen LogP contribution in [0.3, 0.4) is 0 Å². The lowest BCUT2D eigenvalue weighted by Crippen LogP contribution is -2.29. The maximum absolute atomic E-state index is 12.8. The molecule has 0 bridgehead atoms. The average Bonchev–Trinajstić information content (AvgIpc) is 2.32. The van der Waals surface area contributed by atoms with Crippen molar-refractivity contribution in [1.29, 1.82) is 0 Å². The van der Waals surface area contributed by atoms with E-state index in [1.807, 2.05) is 0 Å². The number of carbonyl (C=O) groups excluding carboxylic acids is 1. The van der Waals surface area contributed by atoms with Crippen LogP contribution in [-0.4, -0.2) is 26.6 Å². The highest BCUT2D eigenvalue weighted by Gasteiger charge is 2.35. The smallest absolute Gasteiger partial charge is 0.352 e. The Morgan fingerprint density at radius 2 is 1.95 bits per heavy atom. The number of hydrogen-bond acceptors (Lipinski definition) is 3. The van der Waals surface area contributed by atoms with Gasteiger partial charge in [0.2, 0.25) is 10.0 Å². The van der Waals surface area contributed by atoms with Crippen molar-refractivity contribution in [3.63, 3.8) is 0 Å². The van der Waals surface area contributed by atoms with E-state index in [1.165, 1.54) is 6.07 Å². The Morgan fingerprint density at radius 3 is 2.48 bits per heavy atom. The zero-order valence-corrected chi connectivity index (χ0v) is 13.0. The number of amides is 1. The van der Waals surface area contributed by atoms with Crippen LogP contribution < -0.4 is 10.5 Å². The number of halogens is 4. The van der Waals surface area contributed by atoms with Gasteiger partial charge in [0.25, 0.3) is 5.91 Å². The van der Waals surface area contributed by atoms with E-state index in [-0.39, 0.29) is 23.2 Å². The molecule has 3 N–H and O–H groups in total. The molecule has 0 spiro atoms. The predicted molar refractivity (Wildman–Crippen MR) is 74.1 cm³/mol. The van der Waals surface area contributed by atoms with Gasteiger partial charge in [-0.05, 0) is 24.6 Å². The SMILES string of the molecule is NS(=O)(=O)CCCNC(=O)c1ccc(Br)cc1C(F)(F)F. The molecule has 21 heavy (non-hydrogen) atoms. The number of primary sulfonamides is 1. The fourth-order valence-electron chi connectivity index (χ4n) is 1.52. The van der Waals surface area contributed by atoms with Crippen LogP contribution in [0.15, 0.2) is 22.7 Å². The first kappa shape index (κ1) is 17.9. The van der Waals surface area contributed by atoms with Crippen LogP contribution in [0.5, 0.6) is 0 Å². The highest BCUT2D eigenvalue weighted by Crippen LogP contribution is 2.33. The molecule has 0 radical (unpaired) electrons. The number of sulfonamides is 1. The second-order valence-electron chi connectivity index (χ2n) is 4.16. The number of nitrogens with two attached hydrogens (primary N) is 1. The Bertz CT molecular complexity index is 632. The Balaban J connectivity index is 2.79.